The number of anilines is 1. The van der Waals surface area contributed by atoms with E-state index in [0.717, 1.165) is 24.5 Å². The van der Waals surface area contributed by atoms with Crippen LogP contribution in [0.4, 0.5) is 5.69 Å². The summed E-state index contributed by atoms with van der Waals surface area (Å²) in [7, 11) is 0. The van der Waals surface area contributed by atoms with Crippen molar-refractivity contribution in [3.8, 4) is 5.75 Å². The van der Waals surface area contributed by atoms with E-state index < -0.39 is 0 Å². The van der Waals surface area contributed by atoms with E-state index in [9.17, 15) is 0 Å². The molecule has 20 heavy (non-hydrogen) atoms. The molecule has 1 N–H and O–H groups in total. The Labute approximate surface area is 119 Å². The lowest BCUT2D eigenvalue weighted by molar-refractivity contribution is 0.357. The van der Waals surface area contributed by atoms with Gasteiger partial charge in [0.15, 0.2) is 0 Å². The lowest BCUT2D eigenvalue weighted by atomic mass is 10.0. The van der Waals surface area contributed by atoms with Crippen LogP contribution in [-0.4, -0.2) is 16.4 Å². The Balaban J connectivity index is 1.73. The summed E-state index contributed by atoms with van der Waals surface area (Å²) in [5.74, 6) is 1.04. The average molecular weight is 271 g/mol. The van der Waals surface area contributed by atoms with Crippen LogP contribution >= 0.6 is 0 Å². The first-order valence-corrected chi connectivity index (χ1v) is 7.20. The van der Waals surface area contributed by atoms with Gasteiger partial charge in [0.05, 0.1) is 18.5 Å². The quantitative estimate of drug-likeness (QED) is 0.924. The number of fused-ring (bicyclic) bond motifs is 1. The number of nitrogens with zero attached hydrogens (tertiary/aromatic N) is 2. The molecule has 106 valence electrons. The first-order valence-electron chi connectivity index (χ1n) is 7.20. The minimum absolute atomic E-state index is 0.255. The van der Waals surface area contributed by atoms with E-state index in [1.807, 2.05) is 10.9 Å². The molecule has 3 rings (SSSR count). The van der Waals surface area contributed by atoms with Crippen LogP contribution in [0.1, 0.15) is 44.0 Å². The monoisotopic (exact) mass is 271 g/mol. The largest absolute Gasteiger partial charge is 0.493 e. The van der Waals surface area contributed by atoms with Crippen molar-refractivity contribution in [2.75, 3.05) is 11.9 Å². The highest BCUT2D eigenvalue weighted by atomic mass is 16.5. The molecule has 4 heteroatoms. The minimum atomic E-state index is 0.255. The summed E-state index contributed by atoms with van der Waals surface area (Å²) in [5, 5.41) is 7.85. The van der Waals surface area contributed by atoms with E-state index >= 15 is 0 Å². The average Bonchev–Trinajstić information content (AvgIpc) is 3.05. The van der Waals surface area contributed by atoms with Gasteiger partial charge in [-0.25, -0.2) is 0 Å². The summed E-state index contributed by atoms with van der Waals surface area (Å²) in [5.41, 5.74) is 3.66. The third-order valence-corrected chi connectivity index (χ3v) is 3.73. The molecule has 0 radical (unpaired) electrons. The molecule has 0 aliphatic carbocycles. The second kappa shape index (κ2) is 5.19. The van der Waals surface area contributed by atoms with Gasteiger partial charge in [-0.15, -0.1) is 0 Å². The van der Waals surface area contributed by atoms with Gasteiger partial charge < -0.3 is 10.1 Å². The van der Waals surface area contributed by atoms with Gasteiger partial charge in [0, 0.05) is 24.7 Å². The van der Waals surface area contributed by atoms with Crippen molar-refractivity contribution in [3.63, 3.8) is 0 Å². The zero-order valence-electron chi connectivity index (χ0n) is 12.3. The summed E-state index contributed by atoms with van der Waals surface area (Å²) in [4.78, 5) is 0. The minimum Gasteiger partial charge on any atom is -0.493 e. The summed E-state index contributed by atoms with van der Waals surface area (Å²) < 4.78 is 7.51. The van der Waals surface area contributed by atoms with Crippen molar-refractivity contribution in [1.29, 1.82) is 0 Å². The zero-order chi connectivity index (χ0) is 14.1. The first kappa shape index (κ1) is 13.0. The number of hydrogen-bond acceptors (Lipinski definition) is 3. The molecule has 1 aromatic heterocycles. The van der Waals surface area contributed by atoms with Crippen LogP contribution in [0.3, 0.4) is 0 Å². The molecule has 0 amide bonds. The molecule has 1 unspecified atom stereocenters. The van der Waals surface area contributed by atoms with E-state index in [4.69, 9.17) is 4.74 Å². The number of nitrogens with one attached hydrogen (secondary N) is 1. The molecule has 2 heterocycles. The highest BCUT2D eigenvalue weighted by molar-refractivity contribution is 5.45. The molecule has 0 fully saturated rings. The summed E-state index contributed by atoms with van der Waals surface area (Å²) >= 11 is 0. The highest BCUT2D eigenvalue weighted by Crippen LogP contribution is 2.29. The molecule has 4 nitrogen and oxygen atoms in total. The molecule has 0 spiro atoms. The lowest BCUT2D eigenvalue weighted by Gasteiger charge is -2.15. The lowest BCUT2D eigenvalue weighted by Crippen LogP contribution is -2.06. The topological polar surface area (TPSA) is 39.1 Å². The van der Waals surface area contributed by atoms with Crippen LogP contribution < -0.4 is 10.1 Å². The van der Waals surface area contributed by atoms with Crippen molar-refractivity contribution in [2.45, 2.75) is 39.3 Å². The third kappa shape index (κ3) is 2.50. The SMILES string of the molecule is CC(Nc1cnn(C(C)C)c1)c1ccc2c(c1)CCO2. The molecule has 1 aromatic carbocycles. The fraction of sp³-hybridized carbons (Fsp3) is 0.438. The number of rotatable bonds is 4. The molecule has 1 aliphatic rings. The fourth-order valence-corrected chi connectivity index (χ4v) is 2.50. The molecule has 2 aromatic rings. The van der Waals surface area contributed by atoms with Gasteiger partial charge in [0.25, 0.3) is 0 Å². The van der Waals surface area contributed by atoms with Crippen molar-refractivity contribution in [1.82, 2.24) is 9.78 Å². The van der Waals surface area contributed by atoms with Crippen molar-refractivity contribution in [2.24, 2.45) is 0 Å². The Bertz CT molecular complexity index is 604. The van der Waals surface area contributed by atoms with Crippen LogP contribution in [0.25, 0.3) is 0 Å². The standard InChI is InChI=1S/C16H21N3O/c1-11(2)19-10-15(9-17-19)18-12(3)13-4-5-16-14(8-13)6-7-20-16/h4-5,8-12,18H,6-7H2,1-3H3. The molecule has 1 atom stereocenters. The molecule has 1 aliphatic heterocycles. The Hall–Kier alpha value is -1.97. The summed E-state index contributed by atoms with van der Waals surface area (Å²) in [6.07, 6.45) is 4.95. The maximum atomic E-state index is 5.55. The number of ether oxygens (including phenoxy) is 1. The number of benzene rings is 1. The number of hydrogen-bond donors (Lipinski definition) is 1. The van der Waals surface area contributed by atoms with E-state index in [-0.39, 0.29) is 6.04 Å². The van der Waals surface area contributed by atoms with E-state index in [2.05, 4.69) is 55.6 Å². The van der Waals surface area contributed by atoms with Crippen LogP contribution in [-0.2, 0) is 6.42 Å². The van der Waals surface area contributed by atoms with Crippen LogP contribution in [0.5, 0.6) is 5.75 Å². The Morgan fingerprint density at radius 3 is 2.90 bits per heavy atom. The maximum absolute atomic E-state index is 5.55. The second-order valence-corrected chi connectivity index (χ2v) is 5.63. The predicted octanol–water partition coefficient (Wildman–Crippen LogP) is 3.57. The smallest absolute Gasteiger partial charge is 0.122 e. The summed E-state index contributed by atoms with van der Waals surface area (Å²) in [6, 6.07) is 7.10. The Morgan fingerprint density at radius 1 is 1.30 bits per heavy atom. The van der Waals surface area contributed by atoms with Crippen LogP contribution in [0, 0.1) is 0 Å². The van der Waals surface area contributed by atoms with Crippen molar-refractivity contribution < 1.29 is 4.74 Å². The Morgan fingerprint density at radius 2 is 2.15 bits per heavy atom. The van der Waals surface area contributed by atoms with Crippen molar-refractivity contribution in [3.05, 3.63) is 41.7 Å². The molecular weight excluding hydrogens is 250 g/mol. The highest BCUT2D eigenvalue weighted by Gasteiger charge is 2.15. The fourth-order valence-electron chi connectivity index (χ4n) is 2.50. The van der Waals surface area contributed by atoms with Gasteiger partial charge in [-0.1, -0.05) is 6.07 Å². The van der Waals surface area contributed by atoms with Gasteiger partial charge in [-0.2, -0.15) is 5.10 Å². The van der Waals surface area contributed by atoms with Gasteiger partial charge in [0.2, 0.25) is 0 Å². The van der Waals surface area contributed by atoms with Gasteiger partial charge >= 0.3 is 0 Å². The second-order valence-electron chi connectivity index (χ2n) is 5.63. The zero-order valence-corrected chi connectivity index (χ0v) is 12.3. The van der Waals surface area contributed by atoms with Crippen LogP contribution in [0.2, 0.25) is 0 Å². The Kier molecular flexibility index (Phi) is 3.38. The molecular formula is C16H21N3O. The molecule has 0 saturated carbocycles. The van der Waals surface area contributed by atoms with Crippen LogP contribution in [0.15, 0.2) is 30.6 Å². The van der Waals surface area contributed by atoms with Gasteiger partial charge in [-0.3, -0.25) is 4.68 Å². The van der Waals surface area contributed by atoms with Gasteiger partial charge in [-0.05, 0) is 44.0 Å². The normalized spacial score (nSPS) is 15.0. The first-order chi connectivity index (χ1) is 9.63. The maximum Gasteiger partial charge on any atom is 0.122 e. The van der Waals surface area contributed by atoms with E-state index in [0.29, 0.717) is 6.04 Å². The predicted molar refractivity (Wildman–Crippen MR) is 80.3 cm³/mol. The molecule has 0 saturated heterocycles. The summed E-state index contributed by atoms with van der Waals surface area (Å²) in [6.45, 7) is 7.23. The van der Waals surface area contributed by atoms with Gasteiger partial charge in [0.1, 0.15) is 5.75 Å². The third-order valence-electron chi connectivity index (χ3n) is 3.73. The van der Waals surface area contributed by atoms with E-state index in [1.54, 1.807) is 0 Å². The van der Waals surface area contributed by atoms with E-state index in [1.165, 1.54) is 11.1 Å². The molecule has 0 bridgehead atoms. The van der Waals surface area contributed by atoms with Crippen molar-refractivity contribution >= 4 is 5.69 Å². The number of aromatic nitrogens is 2.